The Morgan fingerprint density at radius 3 is 2.00 bits per heavy atom. The first kappa shape index (κ1) is 13.9. The number of hydrogen-bond donors (Lipinski definition) is 0. The molecule has 0 unspecified atom stereocenters. The van der Waals surface area contributed by atoms with Gasteiger partial charge in [0.1, 0.15) is 5.60 Å². The lowest BCUT2D eigenvalue weighted by molar-refractivity contribution is -0.130. The van der Waals surface area contributed by atoms with Crippen LogP contribution in [0.5, 0.6) is 0 Å². The van der Waals surface area contributed by atoms with Crippen molar-refractivity contribution in [2.75, 3.05) is 26.2 Å². The molecule has 1 saturated heterocycles. The molecule has 1 aliphatic rings. The van der Waals surface area contributed by atoms with Crippen LogP contribution in [0.25, 0.3) is 0 Å². The highest BCUT2D eigenvalue weighted by Gasteiger charge is 2.26. The first-order valence-corrected chi connectivity index (χ1v) is 5.79. The summed E-state index contributed by atoms with van der Waals surface area (Å²) < 4.78 is 5.26. The van der Waals surface area contributed by atoms with Gasteiger partial charge >= 0.3 is 6.09 Å². The molecule has 2 radical (unpaired) electrons. The molecule has 0 aliphatic carbocycles. The molecule has 6 heteroatoms. The molecular weight excluding hydrogens is 219 g/mol. The predicted molar refractivity (Wildman–Crippen MR) is 64.9 cm³/mol. The van der Waals surface area contributed by atoms with E-state index in [4.69, 9.17) is 12.6 Å². The lowest BCUT2D eigenvalue weighted by Crippen LogP contribution is -2.51. The van der Waals surface area contributed by atoms with Crippen molar-refractivity contribution in [2.45, 2.75) is 32.7 Å². The van der Waals surface area contributed by atoms with Crippen LogP contribution in [0.2, 0.25) is 6.32 Å². The molecule has 94 valence electrons. The highest BCUT2D eigenvalue weighted by molar-refractivity contribution is 6.19. The smallest absolute Gasteiger partial charge is 0.410 e. The molecule has 1 rings (SSSR count). The van der Waals surface area contributed by atoms with E-state index in [2.05, 4.69) is 0 Å². The average Bonchev–Trinajstić information content (AvgIpc) is 2.26. The molecule has 0 aromatic heterocycles. The monoisotopic (exact) mass is 238 g/mol. The molecule has 0 N–H and O–H groups in total. The lowest BCUT2D eigenvalue weighted by Gasteiger charge is -2.35. The maximum absolute atomic E-state index is 11.7. The van der Waals surface area contributed by atoms with Crippen LogP contribution in [0.3, 0.4) is 0 Å². The maximum Gasteiger partial charge on any atom is 0.410 e. The lowest BCUT2D eigenvalue weighted by atomic mass is 10.0. The molecule has 1 aliphatic heterocycles. The van der Waals surface area contributed by atoms with Crippen molar-refractivity contribution in [2.24, 2.45) is 0 Å². The van der Waals surface area contributed by atoms with Crippen LogP contribution in [-0.2, 0) is 9.53 Å². The van der Waals surface area contributed by atoms with Crippen molar-refractivity contribution in [1.29, 1.82) is 0 Å². The topological polar surface area (TPSA) is 49.9 Å². The molecule has 2 amide bonds. The van der Waals surface area contributed by atoms with Crippen LogP contribution in [0, 0.1) is 0 Å². The summed E-state index contributed by atoms with van der Waals surface area (Å²) in [4.78, 5) is 26.4. The molecule has 0 spiro atoms. The number of rotatable bonds is 1. The van der Waals surface area contributed by atoms with Gasteiger partial charge in [-0.05, 0) is 27.1 Å². The van der Waals surface area contributed by atoms with Crippen LogP contribution < -0.4 is 0 Å². The van der Waals surface area contributed by atoms with Gasteiger partial charge in [0.15, 0.2) is 0 Å². The third-order valence-electron chi connectivity index (χ3n) is 2.46. The average molecular weight is 238 g/mol. The van der Waals surface area contributed by atoms with Gasteiger partial charge in [-0.2, -0.15) is 0 Å². The first-order chi connectivity index (χ1) is 7.83. The second kappa shape index (κ2) is 5.43. The van der Waals surface area contributed by atoms with Gasteiger partial charge in [0.25, 0.3) is 0 Å². The van der Waals surface area contributed by atoms with Gasteiger partial charge in [-0.25, -0.2) is 4.79 Å². The quantitative estimate of drug-likeness (QED) is 0.630. The zero-order valence-electron chi connectivity index (χ0n) is 10.7. The number of piperazine rings is 1. The van der Waals surface area contributed by atoms with Gasteiger partial charge in [-0.1, -0.05) is 0 Å². The normalized spacial score (nSPS) is 16.9. The van der Waals surface area contributed by atoms with Crippen molar-refractivity contribution in [3.63, 3.8) is 0 Å². The summed E-state index contributed by atoms with van der Waals surface area (Å²) in [6.45, 7) is 7.54. The van der Waals surface area contributed by atoms with E-state index in [9.17, 15) is 9.59 Å². The Balaban J connectivity index is 2.42. The number of carbonyl (C=O) groups excluding carboxylic acids is 2. The molecule has 0 atom stereocenters. The molecule has 0 saturated carbocycles. The molecule has 5 nitrogen and oxygen atoms in total. The second-order valence-electron chi connectivity index (χ2n) is 5.05. The number of carbonyl (C=O) groups is 2. The van der Waals surface area contributed by atoms with Crippen molar-refractivity contribution in [3.8, 4) is 0 Å². The van der Waals surface area contributed by atoms with Gasteiger partial charge in [-0.3, -0.25) is 4.79 Å². The van der Waals surface area contributed by atoms with E-state index in [1.54, 1.807) is 9.80 Å². The van der Waals surface area contributed by atoms with Gasteiger partial charge in [0.05, 0.1) is 7.85 Å². The largest absolute Gasteiger partial charge is 0.444 e. The number of hydrogen-bond acceptors (Lipinski definition) is 3. The van der Waals surface area contributed by atoms with Crippen LogP contribution in [0.1, 0.15) is 20.8 Å². The Labute approximate surface area is 103 Å². The van der Waals surface area contributed by atoms with Crippen LogP contribution in [-0.4, -0.2) is 61.4 Å². The van der Waals surface area contributed by atoms with E-state index in [1.165, 1.54) is 0 Å². The summed E-state index contributed by atoms with van der Waals surface area (Å²) >= 11 is 0. The van der Waals surface area contributed by atoms with Gasteiger partial charge in [0, 0.05) is 26.2 Å². The molecular formula is C11H19BN2O3. The van der Waals surface area contributed by atoms with Crippen molar-refractivity contribution in [1.82, 2.24) is 9.80 Å². The highest BCUT2D eigenvalue weighted by atomic mass is 16.6. The zero-order valence-corrected chi connectivity index (χ0v) is 10.7. The van der Waals surface area contributed by atoms with E-state index in [0.29, 0.717) is 26.2 Å². The SMILES string of the molecule is [B]CC(=O)N1CCN(C(=O)OC(C)(C)C)CC1. The third-order valence-corrected chi connectivity index (χ3v) is 2.46. The standard InChI is InChI=1S/C11H19BN2O3/c1-11(2,3)17-10(16)14-6-4-13(5-7-14)9(15)8-12/h4-8H2,1-3H3. The fourth-order valence-corrected chi connectivity index (χ4v) is 1.59. The van der Waals surface area contributed by atoms with Crippen LogP contribution in [0.4, 0.5) is 4.79 Å². The van der Waals surface area contributed by atoms with E-state index < -0.39 is 5.60 Å². The summed E-state index contributed by atoms with van der Waals surface area (Å²) in [5, 5.41) is 0. The number of amides is 2. The predicted octanol–water partition coefficient (Wildman–Crippen LogP) is 0.652. The number of ether oxygens (including phenoxy) is 1. The Morgan fingerprint density at radius 2 is 1.59 bits per heavy atom. The van der Waals surface area contributed by atoms with Crippen LogP contribution >= 0.6 is 0 Å². The third kappa shape index (κ3) is 4.28. The van der Waals surface area contributed by atoms with Gasteiger partial charge < -0.3 is 14.5 Å². The highest BCUT2D eigenvalue weighted by Crippen LogP contribution is 2.12. The summed E-state index contributed by atoms with van der Waals surface area (Å²) in [6.07, 6.45) is -0.302. The number of nitrogens with zero attached hydrogens (tertiary/aromatic N) is 2. The van der Waals surface area contributed by atoms with Crippen LogP contribution in [0.15, 0.2) is 0 Å². The molecule has 17 heavy (non-hydrogen) atoms. The summed E-state index contributed by atoms with van der Waals surface area (Å²) in [5.41, 5.74) is -0.485. The van der Waals surface area contributed by atoms with E-state index in [-0.39, 0.29) is 18.3 Å². The van der Waals surface area contributed by atoms with E-state index >= 15 is 0 Å². The zero-order chi connectivity index (χ0) is 13.1. The Bertz CT molecular complexity index is 294. The summed E-state index contributed by atoms with van der Waals surface area (Å²) in [5.74, 6) is -0.0751. The maximum atomic E-state index is 11.7. The van der Waals surface area contributed by atoms with Gasteiger partial charge in [0.2, 0.25) is 5.91 Å². The molecule has 0 bridgehead atoms. The Hall–Kier alpha value is -1.20. The minimum Gasteiger partial charge on any atom is -0.444 e. The molecule has 0 aromatic rings. The van der Waals surface area contributed by atoms with Crippen molar-refractivity contribution in [3.05, 3.63) is 0 Å². The molecule has 0 aromatic carbocycles. The fourth-order valence-electron chi connectivity index (χ4n) is 1.59. The van der Waals surface area contributed by atoms with Gasteiger partial charge in [-0.15, -0.1) is 0 Å². The Kier molecular flexibility index (Phi) is 4.43. The van der Waals surface area contributed by atoms with E-state index in [1.807, 2.05) is 20.8 Å². The molecule has 1 heterocycles. The minimum atomic E-state index is -0.485. The minimum absolute atomic E-state index is 0.0203. The summed E-state index contributed by atoms with van der Waals surface area (Å²) in [6, 6.07) is 0. The first-order valence-electron chi connectivity index (χ1n) is 5.79. The van der Waals surface area contributed by atoms with E-state index in [0.717, 1.165) is 0 Å². The van der Waals surface area contributed by atoms with Crippen molar-refractivity contribution < 1.29 is 14.3 Å². The van der Waals surface area contributed by atoms with Crippen molar-refractivity contribution >= 4 is 19.8 Å². The summed E-state index contributed by atoms with van der Waals surface area (Å²) in [7, 11) is 5.28. The molecule has 1 fully saturated rings. The Morgan fingerprint density at radius 1 is 1.12 bits per heavy atom. The fraction of sp³-hybridized carbons (Fsp3) is 0.818. The second-order valence-corrected chi connectivity index (χ2v) is 5.05.